The summed E-state index contributed by atoms with van der Waals surface area (Å²) in [7, 11) is 0. The molecule has 0 saturated heterocycles. The zero-order chi connectivity index (χ0) is 15.3. The fraction of sp³-hybridized carbons (Fsp3) is 0.467. The first-order chi connectivity index (χ1) is 9.32. The Balaban J connectivity index is 2.68. The van der Waals surface area contributed by atoms with Crippen molar-refractivity contribution >= 4 is 11.9 Å². The molecule has 0 saturated carbocycles. The molecular weight excluding hydrogens is 261 g/mol. The van der Waals surface area contributed by atoms with E-state index in [2.05, 4.69) is 5.32 Å². The number of carbonyl (C=O) groups is 2. The van der Waals surface area contributed by atoms with Crippen molar-refractivity contribution in [2.75, 3.05) is 0 Å². The number of aliphatic carboxylic acids is 1. The molecule has 0 heterocycles. The zero-order valence-corrected chi connectivity index (χ0v) is 11.9. The molecular formula is C15H20FNO3. The minimum absolute atomic E-state index is 0.211. The Kier molecular flexibility index (Phi) is 5.67. The molecule has 110 valence electrons. The quantitative estimate of drug-likeness (QED) is 0.840. The second-order valence-corrected chi connectivity index (χ2v) is 5.27. The summed E-state index contributed by atoms with van der Waals surface area (Å²) in [5, 5.41) is 11.5. The van der Waals surface area contributed by atoms with Crippen LogP contribution in [0.5, 0.6) is 0 Å². The minimum atomic E-state index is -1.06. The standard InChI is InChI=1S/C15H20FNO3/c1-9(2)13(15(19)20)17-14(18)10(3)8-11-6-4-5-7-12(11)16/h4-7,9-10,13H,8H2,1-3H3,(H,17,18)(H,19,20)/t10?,13-/m1/s1. The van der Waals surface area contributed by atoms with Crippen molar-refractivity contribution in [3.8, 4) is 0 Å². The van der Waals surface area contributed by atoms with Gasteiger partial charge in [0.25, 0.3) is 0 Å². The Labute approximate surface area is 118 Å². The molecule has 2 N–H and O–H groups in total. The molecule has 4 nitrogen and oxygen atoms in total. The van der Waals surface area contributed by atoms with Crippen LogP contribution in [0.25, 0.3) is 0 Å². The van der Waals surface area contributed by atoms with Crippen molar-refractivity contribution in [2.24, 2.45) is 11.8 Å². The molecule has 1 unspecified atom stereocenters. The van der Waals surface area contributed by atoms with Crippen molar-refractivity contribution in [3.05, 3.63) is 35.6 Å². The molecule has 0 aliphatic rings. The van der Waals surface area contributed by atoms with Gasteiger partial charge in [0.2, 0.25) is 5.91 Å². The van der Waals surface area contributed by atoms with Crippen LogP contribution < -0.4 is 5.32 Å². The molecule has 1 amide bonds. The van der Waals surface area contributed by atoms with Gasteiger partial charge in [-0.25, -0.2) is 9.18 Å². The number of benzene rings is 1. The summed E-state index contributed by atoms with van der Waals surface area (Å²) in [6.07, 6.45) is 0.239. The molecule has 0 aromatic heterocycles. The average Bonchev–Trinajstić information content (AvgIpc) is 2.37. The second kappa shape index (κ2) is 7.03. The van der Waals surface area contributed by atoms with Crippen molar-refractivity contribution in [3.63, 3.8) is 0 Å². The number of carboxylic acids is 1. The third kappa shape index (κ3) is 4.33. The highest BCUT2D eigenvalue weighted by Gasteiger charge is 2.26. The van der Waals surface area contributed by atoms with Crippen molar-refractivity contribution in [1.82, 2.24) is 5.32 Å². The SMILES string of the molecule is CC(Cc1ccccc1F)C(=O)N[C@@H](C(=O)O)C(C)C. The number of hydrogen-bond acceptors (Lipinski definition) is 2. The van der Waals surface area contributed by atoms with Gasteiger partial charge >= 0.3 is 5.97 Å². The van der Waals surface area contributed by atoms with Gasteiger partial charge in [-0.3, -0.25) is 4.79 Å². The molecule has 20 heavy (non-hydrogen) atoms. The molecule has 0 aliphatic carbocycles. The van der Waals surface area contributed by atoms with E-state index in [-0.39, 0.29) is 24.1 Å². The first kappa shape index (κ1) is 16.1. The highest BCUT2D eigenvalue weighted by Crippen LogP contribution is 2.13. The number of nitrogens with one attached hydrogen (secondary N) is 1. The number of hydrogen-bond donors (Lipinski definition) is 2. The Morgan fingerprint density at radius 1 is 1.25 bits per heavy atom. The number of halogens is 1. The molecule has 1 rings (SSSR count). The summed E-state index contributed by atoms with van der Waals surface area (Å²) in [4.78, 5) is 23.0. The average molecular weight is 281 g/mol. The van der Waals surface area contributed by atoms with E-state index in [9.17, 15) is 14.0 Å². The maximum atomic E-state index is 13.5. The van der Waals surface area contributed by atoms with Crippen LogP contribution in [-0.2, 0) is 16.0 Å². The topological polar surface area (TPSA) is 66.4 Å². The van der Waals surface area contributed by atoms with Gasteiger partial charge in [-0.2, -0.15) is 0 Å². The zero-order valence-electron chi connectivity index (χ0n) is 11.9. The van der Waals surface area contributed by atoms with Crippen LogP contribution in [0.15, 0.2) is 24.3 Å². The van der Waals surface area contributed by atoms with E-state index in [0.29, 0.717) is 5.56 Å². The number of amides is 1. The van der Waals surface area contributed by atoms with E-state index in [0.717, 1.165) is 0 Å². The van der Waals surface area contributed by atoms with Crippen molar-refractivity contribution in [1.29, 1.82) is 0 Å². The van der Waals surface area contributed by atoms with E-state index >= 15 is 0 Å². The lowest BCUT2D eigenvalue weighted by atomic mass is 9.98. The summed E-state index contributed by atoms with van der Waals surface area (Å²) in [6.45, 7) is 5.10. The molecule has 0 fully saturated rings. The molecule has 0 bridgehead atoms. The summed E-state index contributed by atoms with van der Waals surface area (Å²) in [5.74, 6) is -2.50. The van der Waals surface area contributed by atoms with Crippen LogP contribution in [0.3, 0.4) is 0 Å². The molecule has 1 aromatic rings. The van der Waals surface area contributed by atoms with Gasteiger partial charge in [0, 0.05) is 5.92 Å². The van der Waals surface area contributed by atoms with Crippen LogP contribution in [0.4, 0.5) is 4.39 Å². The maximum Gasteiger partial charge on any atom is 0.326 e. The Hall–Kier alpha value is -1.91. The first-order valence-electron chi connectivity index (χ1n) is 6.59. The van der Waals surface area contributed by atoms with Crippen LogP contribution in [-0.4, -0.2) is 23.0 Å². The summed E-state index contributed by atoms with van der Waals surface area (Å²) < 4.78 is 13.5. The molecule has 2 atom stereocenters. The third-order valence-electron chi connectivity index (χ3n) is 3.16. The molecule has 0 radical (unpaired) electrons. The highest BCUT2D eigenvalue weighted by molar-refractivity contribution is 5.85. The van der Waals surface area contributed by atoms with E-state index in [1.807, 2.05) is 0 Å². The highest BCUT2D eigenvalue weighted by atomic mass is 19.1. The van der Waals surface area contributed by atoms with Gasteiger partial charge < -0.3 is 10.4 Å². The Morgan fingerprint density at radius 3 is 2.35 bits per heavy atom. The largest absolute Gasteiger partial charge is 0.480 e. The van der Waals surface area contributed by atoms with Gasteiger partial charge in [-0.15, -0.1) is 0 Å². The van der Waals surface area contributed by atoms with Crippen molar-refractivity contribution < 1.29 is 19.1 Å². The van der Waals surface area contributed by atoms with Crippen LogP contribution in [0, 0.1) is 17.7 Å². The second-order valence-electron chi connectivity index (χ2n) is 5.27. The maximum absolute atomic E-state index is 13.5. The Bertz CT molecular complexity index is 488. The monoisotopic (exact) mass is 281 g/mol. The van der Waals surface area contributed by atoms with E-state index in [1.165, 1.54) is 6.07 Å². The summed E-state index contributed by atoms with van der Waals surface area (Å²) >= 11 is 0. The van der Waals surface area contributed by atoms with Gasteiger partial charge in [-0.1, -0.05) is 39.0 Å². The predicted molar refractivity (Wildman–Crippen MR) is 73.7 cm³/mol. The lowest BCUT2D eigenvalue weighted by Gasteiger charge is -2.20. The molecule has 0 aliphatic heterocycles. The van der Waals surface area contributed by atoms with Gasteiger partial charge in [-0.05, 0) is 24.0 Å². The molecule has 0 spiro atoms. The van der Waals surface area contributed by atoms with E-state index in [1.54, 1.807) is 39.0 Å². The fourth-order valence-electron chi connectivity index (χ4n) is 1.90. The lowest BCUT2D eigenvalue weighted by molar-refractivity contribution is -0.143. The first-order valence-corrected chi connectivity index (χ1v) is 6.59. The lowest BCUT2D eigenvalue weighted by Crippen LogP contribution is -2.46. The number of rotatable bonds is 6. The normalized spacial score (nSPS) is 13.8. The molecule has 1 aromatic carbocycles. The summed E-state index contributed by atoms with van der Waals surface area (Å²) in [6, 6.07) is 5.33. The van der Waals surface area contributed by atoms with Crippen LogP contribution in [0.1, 0.15) is 26.3 Å². The Morgan fingerprint density at radius 2 is 1.85 bits per heavy atom. The van der Waals surface area contributed by atoms with E-state index < -0.39 is 17.9 Å². The van der Waals surface area contributed by atoms with Crippen LogP contribution >= 0.6 is 0 Å². The number of carbonyl (C=O) groups excluding carboxylic acids is 1. The third-order valence-corrected chi connectivity index (χ3v) is 3.16. The van der Waals surface area contributed by atoms with Crippen LogP contribution in [0.2, 0.25) is 0 Å². The minimum Gasteiger partial charge on any atom is -0.480 e. The fourth-order valence-corrected chi connectivity index (χ4v) is 1.90. The van der Waals surface area contributed by atoms with E-state index in [4.69, 9.17) is 5.11 Å². The van der Waals surface area contributed by atoms with Gasteiger partial charge in [0.05, 0.1) is 0 Å². The van der Waals surface area contributed by atoms with Gasteiger partial charge in [0.1, 0.15) is 11.9 Å². The van der Waals surface area contributed by atoms with Gasteiger partial charge in [0.15, 0.2) is 0 Å². The summed E-state index contributed by atoms with van der Waals surface area (Å²) in [5.41, 5.74) is 0.451. The smallest absolute Gasteiger partial charge is 0.326 e. The molecule has 5 heteroatoms. The number of carboxylic acid groups (broad SMARTS) is 1. The van der Waals surface area contributed by atoms with Crippen molar-refractivity contribution in [2.45, 2.75) is 33.2 Å². The predicted octanol–water partition coefficient (Wildman–Crippen LogP) is 2.23.